The lowest BCUT2D eigenvalue weighted by molar-refractivity contribution is -0.140. The van der Waals surface area contributed by atoms with Gasteiger partial charge in [-0.1, -0.05) is 25.0 Å². The van der Waals surface area contributed by atoms with Gasteiger partial charge in [0.25, 0.3) is 0 Å². The van der Waals surface area contributed by atoms with Crippen molar-refractivity contribution in [3.63, 3.8) is 0 Å². The molecule has 2 aliphatic carbocycles. The van der Waals surface area contributed by atoms with Gasteiger partial charge in [-0.3, -0.25) is 19.1 Å². The van der Waals surface area contributed by atoms with Gasteiger partial charge in [-0.2, -0.15) is 0 Å². The number of aryl methyl sites for hydroxylation is 1. The Balaban J connectivity index is 1.28. The van der Waals surface area contributed by atoms with Crippen LogP contribution < -0.4 is 15.2 Å². The Morgan fingerprint density at radius 2 is 1.78 bits per heavy atom. The van der Waals surface area contributed by atoms with E-state index in [1.165, 1.54) is 4.90 Å². The molecule has 244 valence electrons. The van der Waals surface area contributed by atoms with Gasteiger partial charge in [-0.15, -0.1) is 0 Å². The second-order valence-corrected chi connectivity index (χ2v) is 15.2. The molecule has 0 spiro atoms. The first kappa shape index (κ1) is 31.7. The van der Waals surface area contributed by atoms with Crippen molar-refractivity contribution in [1.82, 2.24) is 19.6 Å². The molecule has 11 nitrogen and oxygen atoms in total. The van der Waals surface area contributed by atoms with Crippen LogP contribution in [0.2, 0.25) is 0 Å². The summed E-state index contributed by atoms with van der Waals surface area (Å²) in [5.41, 5.74) is 6.50. The minimum atomic E-state index is -3.97. The number of Topliss-reactive ketones (excluding diaryl/α,β-unsaturated/α-hetero) is 1. The van der Waals surface area contributed by atoms with E-state index in [2.05, 4.69) is 14.7 Å². The molecule has 1 aromatic carbocycles. The first-order chi connectivity index (χ1) is 21.3. The maximum absolute atomic E-state index is 15.0. The van der Waals surface area contributed by atoms with Crippen molar-refractivity contribution in [2.45, 2.75) is 107 Å². The van der Waals surface area contributed by atoms with Gasteiger partial charge >= 0.3 is 0 Å². The molecule has 0 bridgehead atoms. The molecule has 45 heavy (non-hydrogen) atoms. The molecule has 2 aliphatic heterocycles. The zero-order valence-electron chi connectivity index (χ0n) is 25.2. The SMILES string of the molecule is Cc1nc2ccccc2nc1O[C@@H]1C[C@H]2C(=O)C[C@]3(C(=O)NS(=O)(=O)C4CC4)C[C@H]3CC(F)(F)CCCCC[C@H](N)C(=O)N2C1. The number of fused-ring (bicyclic) bond motifs is 3. The fourth-order valence-corrected chi connectivity index (χ4v) is 8.23. The highest BCUT2D eigenvalue weighted by molar-refractivity contribution is 7.90. The van der Waals surface area contributed by atoms with Crippen LogP contribution in [-0.2, 0) is 24.4 Å². The molecule has 4 fully saturated rings. The number of para-hydroxylation sites is 2. The fraction of sp³-hybridized carbons (Fsp3) is 0.645. The molecule has 2 amide bonds. The van der Waals surface area contributed by atoms with Gasteiger partial charge in [-0.25, -0.2) is 27.2 Å². The lowest BCUT2D eigenvalue weighted by Crippen LogP contribution is -2.49. The predicted octanol–water partition coefficient (Wildman–Crippen LogP) is 3.18. The summed E-state index contributed by atoms with van der Waals surface area (Å²) >= 11 is 0. The largest absolute Gasteiger partial charge is 0.471 e. The van der Waals surface area contributed by atoms with Crippen LogP contribution in [0.15, 0.2) is 24.3 Å². The zero-order valence-corrected chi connectivity index (χ0v) is 26.0. The number of nitrogens with one attached hydrogen (secondary N) is 1. The summed E-state index contributed by atoms with van der Waals surface area (Å²) in [7, 11) is -3.97. The second kappa shape index (κ2) is 11.8. The minimum absolute atomic E-state index is 0.0354. The average molecular weight is 648 g/mol. The molecule has 4 aliphatic rings. The van der Waals surface area contributed by atoms with Crippen LogP contribution in [0.5, 0.6) is 5.88 Å². The number of benzene rings is 1. The first-order valence-corrected chi connectivity index (χ1v) is 17.3. The third-order valence-electron chi connectivity index (χ3n) is 9.69. The Morgan fingerprint density at radius 3 is 2.49 bits per heavy atom. The maximum atomic E-state index is 15.0. The third-order valence-corrected chi connectivity index (χ3v) is 11.5. The fourth-order valence-electron chi connectivity index (χ4n) is 6.84. The molecule has 0 unspecified atom stereocenters. The molecular formula is C31H39F2N5O6S. The van der Waals surface area contributed by atoms with Crippen LogP contribution in [0, 0.1) is 18.3 Å². The van der Waals surface area contributed by atoms with Gasteiger partial charge in [-0.05, 0) is 57.1 Å². The number of nitrogens with zero attached hydrogens (tertiary/aromatic N) is 3. The van der Waals surface area contributed by atoms with Crippen LogP contribution in [-0.4, -0.2) is 76.8 Å². The summed E-state index contributed by atoms with van der Waals surface area (Å²) in [5, 5.41) is -0.696. The summed E-state index contributed by atoms with van der Waals surface area (Å²) in [6.45, 7) is 1.78. The number of rotatable bonds is 5. The molecule has 3 heterocycles. The molecule has 2 saturated heterocycles. The molecule has 1 aromatic heterocycles. The highest BCUT2D eigenvalue weighted by atomic mass is 32.2. The average Bonchev–Trinajstić information content (AvgIpc) is 3.90. The zero-order chi connectivity index (χ0) is 32.1. The Morgan fingerprint density at radius 1 is 1.07 bits per heavy atom. The summed E-state index contributed by atoms with van der Waals surface area (Å²) in [5.74, 6) is -5.58. The Bertz CT molecular complexity index is 1620. The van der Waals surface area contributed by atoms with Crippen LogP contribution in [0.3, 0.4) is 0 Å². The van der Waals surface area contributed by atoms with Gasteiger partial charge < -0.3 is 15.4 Å². The number of hydrogen-bond donors (Lipinski definition) is 2. The highest BCUT2D eigenvalue weighted by Gasteiger charge is 2.64. The van der Waals surface area contributed by atoms with Gasteiger partial charge in [0.05, 0.1) is 40.3 Å². The van der Waals surface area contributed by atoms with Crippen molar-refractivity contribution in [1.29, 1.82) is 0 Å². The highest BCUT2D eigenvalue weighted by Crippen LogP contribution is 2.60. The number of ether oxygens (including phenoxy) is 1. The summed E-state index contributed by atoms with van der Waals surface area (Å²) in [6, 6.07) is 5.32. The number of halogens is 2. The Labute approximate surface area is 260 Å². The van der Waals surface area contributed by atoms with Gasteiger partial charge in [0.15, 0.2) is 5.78 Å². The van der Waals surface area contributed by atoms with Gasteiger partial charge in [0.2, 0.25) is 33.6 Å². The molecule has 2 saturated carbocycles. The lowest BCUT2D eigenvalue weighted by Gasteiger charge is -2.27. The number of alkyl halides is 2. The van der Waals surface area contributed by atoms with E-state index < -0.39 is 87.6 Å². The van der Waals surface area contributed by atoms with E-state index in [0.29, 0.717) is 42.4 Å². The number of sulfonamides is 1. The summed E-state index contributed by atoms with van der Waals surface area (Å²) in [6.07, 6.45) is 0.134. The lowest BCUT2D eigenvalue weighted by atomic mass is 9.89. The van der Waals surface area contributed by atoms with E-state index in [1.54, 1.807) is 13.0 Å². The molecule has 2 aromatic rings. The number of nitrogens with two attached hydrogens (primary N) is 1. The van der Waals surface area contributed by atoms with Crippen LogP contribution in [0.1, 0.15) is 76.3 Å². The Hall–Kier alpha value is -3.26. The van der Waals surface area contributed by atoms with E-state index >= 15 is 8.78 Å². The number of carbonyl (C=O) groups excluding carboxylic acids is 3. The van der Waals surface area contributed by atoms with E-state index in [0.717, 1.165) is 0 Å². The number of carbonyl (C=O) groups is 3. The van der Waals surface area contributed by atoms with Crippen molar-refractivity contribution in [3.8, 4) is 5.88 Å². The van der Waals surface area contributed by atoms with Crippen molar-refractivity contribution >= 4 is 38.7 Å². The molecular weight excluding hydrogens is 608 g/mol. The molecule has 0 radical (unpaired) electrons. The van der Waals surface area contributed by atoms with Crippen molar-refractivity contribution < 1.29 is 36.3 Å². The Kier molecular flexibility index (Phi) is 8.34. The molecule has 3 N–H and O–H groups in total. The minimum Gasteiger partial charge on any atom is -0.471 e. The van der Waals surface area contributed by atoms with E-state index in [-0.39, 0.29) is 38.1 Å². The predicted molar refractivity (Wildman–Crippen MR) is 160 cm³/mol. The standard InChI is InChI=1S/C31H39F2N5O6S/c1-18-27(36-24-9-5-4-8-23(24)35-18)44-20-13-25-26(39)16-30(29(41)37-45(42,43)21-10-11-21)14-19(30)15-31(32,33)12-6-2-3-7-22(34)28(40)38(25)17-20/h4-5,8-9,19-22,25H,2-3,6-7,10-17,34H2,1H3,(H,37,41)/t19-,20+,22-,25-,30+/m0/s1. The van der Waals surface area contributed by atoms with E-state index in [1.807, 2.05) is 18.2 Å². The van der Waals surface area contributed by atoms with Crippen LogP contribution in [0.25, 0.3) is 11.0 Å². The normalized spacial score (nSPS) is 31.0. The second-order valence-electron chi connectivity index (χ2n) is 13.2. The van der Waals surface area contributed by atoms with E-state index in [4.69, 9.17) is 10.5 Å². The number of aromatic nitrogens is 2. The maximum Gasteiger partial charge on any atom is 0.248 e. The quantitative estimate of drug-likeness (QED) is 0.497. The smallest absolute Gasteiger partial charge is 0.248 e. The molecule has 14 heteroatoms. The molecule has 5 atom stereocenters. The van der Waals surface area contributed by atoms with Crippen molar-refractivity contribution in [3.05, 3.63) is 30.0 Å². The number of hydrogen-bond acceptors (Lipinski definition) is 9. The molecule has 6 rings (SSSR count). The first-order valence-electron chi connectivity index (χ1n) is 15.7. The number of ketones is 1. The summed E-state index contributed by atoms with van der Waals surface area (Å²) in [4.78, 5) is 51.6. The monoisotopic (exact) mass is 647 g/mol. The van der Waals surface area contributed by atoms with Gasteiger partial charge in [0.1, 0.15) is 11.8 Å². The summed E-state index contributed by atoms with van der Waals surface area (Å²) < 4.78 is 63.6. The van der Waals surface area contributed by atoms with Crippen molar-refractivity contribution in [2.75, 3.05) is 6.54 Å². The third kappa shape index (κ3) is 6.67. The van der Waals surface area contributed by atoms with Crippen molar-refractivity contribution in [2.24, 2.45) is 17.1 Å². The van der Waals surface area contributed by atoms with Gasteiger partial charge in [0, 0.05) is 25.7 Å². The number of amides is 2. The topological polar surface area (TPSA) is 162 Å². The van der Waals surface area contributed by atoms with Crippen LogP contribution >= 0.6 is 0 Å². The van der Waals surface area contributed by atoms with E-state index in [9.17, 15) is 22.8 Å². The van der Waals surface area contributed by atoms with Crippen LogP contribution in [0.4, 0.5) is 8.78 Å².